The Morgan fingerprint density at radius 2 is 1.76 bits per heavy atom. The van der Waals surface area contributed by atoms with Gasteiger partial charge in [0.05, 0.1) is 27.5 Å². The summed E-state index contributed by atoms with van der Waals surface area (Å²) in [7, 11) is 0. The third-order valence-electron chi connectivity index (χ3n) is 7.20. The molecule has 0 spiro atoms. The van der Waals surface area contributed by atoms with Gasteiger partial charge in [0.25, 0.3) is 5.56 Å². The molecule has 6 rings (SSSR count). The average molecular weight is 635 g/mol. The van der Waals surface area contributed by atoms with E-state index in [1.165, 1.54) is 41.0 Å². The maximum atomic E-state index is 14.2. The Morgan fingerprint density at radius 3 is 2.43 bits per heavy atom. The Balaban J connectivity index is 1.53. The second-order valence-corrected chi connectivity index (χ2v) is 11.4. The normalized spacial score (nSPS) is 14.4. The highest BCUT2D eigenvalue weighted by Gasteiger charge is 2.33. The van der Waals surface area contributed by atoms with Crippen LogP contribution in [0, 0.1) is 5.82 Å². The van der Waals surface area contributed by atoms with E-state index >= 15 is 0 Å². The number of benzene rings is 3. The zero-order valence-electron chi connectivity index (χ0n) is 24.8. The van der Waals surface area contributed by atoms with E-state index in [4.69, 9.17) is 14.6 Å². The highest BCUT2D eigenvalue weighted by molar-refractivity contribution is 7.07. The standard InChI is InChI=1S/C35H27FN4O5S/c1-4-18-44-34(43)30-21(2)37-35-40(32(30)24-12-16-28(17-13-24)45-22(3)41)33(42)29(46-35)19-25-20-39(27-8-6-5-7-9-27)38-31(25)23-10-14-26(36)15-11-23/h4-17,19-20,32H,1,18H2,2-3H3/b29-19+/t32-/m0/s1. The molecule has 46 heavy (non-hydrogen) atoms. The maximum Gasteiger partial charge on any atom is 0.338 e. The van der Waals surface area contributed by atoms with E-state index < -0.39 is 18.0 Å². The summed E-state index contributed by atoms with van der Waals surface area (Å²) in [5, 5.41) is 4.78. The van der Waals surface area contributed by atoms with Crippen LogP contribution in [-0.2, 0) is 14.3 Å². The predicted molar refractivity (Wildman–Crippen MR) is 172 cm³/mol. The molecule has 230 valence electrons. The number of halogens is 1. The van der Waals surface area contributed by atoms with Crippen LogP contribution in [0.2, 0.25) is 0 Å². The fourth-order valence-electron chi connectivity index (χ4n) is 5.17. The number of thiazole rings is 1. The molecule has 0 saturated heterocycles. The van der Waals surface area contributed by atoms with E-state index in [2.05, 4.69) is 11.6 Å². The molecule has 5 aromatic rings. The van der Waals surface area contributed by atoms with Gasteiger partial charge in [0.15, 0.2) is 4.80 Å². The van der Waals surface area contributed by atoms with E-state index in [1.54, 1.807) is 60.3 Å². The van der Waals surface area contributed by atoms with Crippen LogP contribution >= 0.6 is 11.3 Å². The van der Waals surface area contributed by atoms with Gasteiger partial charge in [-0.2, -0.15) is 5.10 Å². The van der Waals surface area contributed by atoms with Crippen molar-refractivity contribution >= 4 is 29.4 Å². The summed E-state index contributed by atoms with van der Waals surface area (Å²) in [6, 6.07) is 21.2. The fraction of sp³-hybridized carbons (Fsp3) is 0.114. The van der Waals surface area contributed by atoms with Crippen molar-refractivity contribution in [2.24, 2.45) is 4.99 Å². The lowest BCUT2D eigenvalue weighted by Gasteiger charge is -2.24. The third kappa shape index (κ3) is 6.00. The molecular formula is C35H27FN4O5S. The van der Waals surface area contributed by atoms with Gasteiger partial charge >= 0.3 is 11.9 Å². The maximum absolute atomic E-state index is 14.2. The zero-order valence-corrected chi connectivity index (χ0v) is 25.7. The molecule has 1 aliphatic rings. The monoisotopic (exact) mass is 634 g/mol. The van der Waals surface area contributed by atoms with Crippen molar-refractivity contribution in [1.82, 2.24) is 14.3 Å². The summed E-state index contributed by atoms with van der Waals surface area (Å²) in [4.78, 5) is 44.1. The molecule has 0 radical (unpaired) electrons. The largest absolute Gasteiger partial charge is 0.458 e. The van der Waals surface area contributed by atoms with Gasteiger partial charge in [-0.15, -0.1) is 0 Å². The fourth-order valence-corrected chi connectivity index (χ4v) is 6.21. The van der Waals surface area contributed by atoms with Crippen molar-refractivity contribution in [3.63, 3.8) is 0 Å². The molecule has 0 bridgehead atoms. The van der Waals surface area contributed by atoms with Crippen LogP contribution in [0.3, 0.4) is 0 Å². The van der Waals surface area contributed by atoms with Crippen LogP contribution in [0.4, 0.5) is 4.39 Å². The van der Waals surface area contributed by atoms with E-state index in [1.807, 2.05) is 30.3 Å². The van der Waals surface area contributed by atoms with Crippen LogP contribution in [0.1, 0.15) is 31.0 Å². The molecule has 2 aromatic heterocycles. The van der Waals surface area contributed by atoms with Gasteiger partial charge in [0.1, 0.15) is 23.9 Å². The second kappa shape index (κ2) is 12.7. The molecule has 0 unspecified atom stereocenters. The number of aromatic nitrogens is 3. The summed E-state index contributed by atoms with van der Waals surface area (Å²) in [6.45, 7) is 6.59. The van der Waals surface area contributed by atoms with Gasteiger partial charge in [0.2, 0.25) is 0 Å². The lowest BCUT2D eigenvalue weighted by molar-refractivity contribution is -0.138. The summed E-state index contributed by atoms with van der Waals surface area (Å²) >= 11 is 1.17. The lowest BCUT2D eigenvalue weighted by Crippen LogP contribution is -2.39. The number of ether oxygens (including phenoxy) is 2. The predicted octanol–water partition coefficient (Wildman–Crippen LogP) is 4.88. The summed E-state index contributed by atoms with van der Waals surface area (Å²) in [5.41, 5.74) is 3.47. The molecule has 0 saturated carbocycles. The van der Waals surface area contributed by atoms with Crippen molar-refractivity contribution in [2.45, 2.75) is 19.9 Å². The number of rotatable bonds is 8. The smallest absolute Gasteiger partial charge is 0.338 e. The average Bonchev–Trinajstić information content (AvgIpc) is 3.60. The van der Waals surface area contributed by atoms with Crippen LogP contribution in [0.5, 0.6) is 5.75 Å². The van der Waals surface area contributed by atoms with E-state index in [-0.39, 0.29) is 23.6 Å². The summed E-state index contributed by atoms with van der Waals surface area (Å²) in [5.74, 6) is -1.16. The van der Waals surface area contributed by atoms with E-state index in [9.17, 15) is 18.8 Å². The molecule has 3 heterocycles. The number of hydrogen-bond acceptors (Lipinski definition) is 8. The van der Waals surface area contributed by atoms with Crippen LogP contribution < -0.4 is 19.6 Å². The van der Waals surface area contributed by atoms with Crippen molar-refractivity contribution in [2.75, 3.05) is 6.61 Å². The first-order chi connectivity index (χ1) is 22.2. The summed E-state index contributed by atoms with van der Waals surface area (Å²) < 4.78 is 27.9. The topological polar surface area (TPSA) is 105 Å². The minimum absolute atomic E-state index is 0.0181. The molecule has 0 fully saturated rings. The molecular weight excluding hydrogens is 607 g/mol. The Bertz CT molecular complexity index is 2180. The van der Waals surface area contributed by atoms with Crippen LogP contribution in [-0.4, -0.2) is 32.9 Å². The van der Waals surface area contributed by atoms with E-state index in [0.29, 0.717) is 43.2 Å². The van der Waals surface area contributed by atoms with Gasteiger partial charge in [0, 0.05) is 24.2 Å². The molecule has 0 amide bonds. The van der Waals surface area contributed by atoms with E-state index in [0.717, 1.165) is 5.69 Å². The third-order valence-corrected chi connectivity index (χ3v) is 8.18. The molecule has 9 nitrogen and oxygen atoms in total. The zero-order chi connectivity index (χ0) is 32.4. The number of allylic oxidation sites excluding steroid dienone is 1. The summed E-state index contributed by atoms with van der Waals surface area (Å²) in [6.07, 6.45) is 4.99. The van der Waals surface area contributed by atoms with Crippen molar-refractivity contribution in [1.29, 1.82) is 0 Å². The Hall–Kier alpha value is -5.68. The number of para-hydroxylation sites is 1. The van der Waals surface area contributed by atoms with Gasteiger partial charge in [-0.05, 0) is 67.1 Å². The van der Waals surface area contributed by atoms with Crippen LogP contribution in [0.25, 0.3) is 23.0 Å². The van der Waals surface area contributed by atoms with Gasteiger partial charge in [-0.25, -0.2) is 18.9 Å². The quantitative estimate of drug-likeness (QED) is 0.137. The highest BCUT2D eigenvalue weighted by atomic mass is 32.1. The van der Waals surface area contributed by atoms with Crippen molar-refractivity contribution < 1.29 is 23.5 Å². The molecule has 3 aromatic carbocycles. The first-order valence-corrected chi connectivity index (χ1v) is 15.0. The van der Waals surface area contributed by atoms with Crippen LogP contribution in [0.15, 0.2) is 119 Å². The number of fused-ring (bicyclic) bond motifs is 1. The highest BCUT2D eigenvalue weighted by Crippen LogP contribution is 2.32. The van der Waals surface area contributed by atoms with Gasteiger partial charge in [-0.1, -0.05) is 54.3 Å². The Kier molecular flexibility index (Phi) is 8.41. The Morgan fingerprint density at radius 1 is 1.04 bits per heavy atom. The Labute approximate surface area is 266 Å². The number of nitrogens with zero attached hydrogens (tertiary/aromatic N) is 4. The number of carbonyl (C=O) groups excluding carboxylic acids is 2. The SMILES string of the molecule is C=CCOC(=O)C1=C(C)N=c2s/c(=C/c3cn(-c4ccccc4)nc3-c3ccc(F)cc3)c(=O)n2[C@H]1c1ccc(OC(C)=O)cc1. The number of hydrogen-bond donors (Lipinski definition) is 0. The molecule has 1 aliphatic heterocycles. The molecule has 0 N–H and O–H groups in total. The number of carbonyl (C=O) groups is 2. The van der Waals surface area contributed by atoms with Crippen molar-refractivity contribution in [3.05, 3.63) is 146 Å². The minimum Gasteiger partial charge on any atom is -0.458 e. The van der Waals surface area contributed by atoms with Crippen molar-refractivity contribution in [3.8, 4) is 22.7 Å². The lowest BCUT2D eigenvalue weighted by atomic mass is 9.96. The second-order valence-electron chi connectivity index (χ2n) is 10.4. The van der Waals surface area contributed by atoms with Gasteiger partial charge < -0.3 is 9.47 Å². The molecule has 0 aliphatic carbocycles. The van der Waals surface area contributed by atoms with Gasteiger partial charge in [-0.3, -0.25) is 14.2 Å². The molecule has 1 atom stereocenters. The first-order valence-electron chi connectivity index (χ1n) is 14.2. The number of esters is 2. The minimum atomic E-state index is -0.870. The first kappa shape index (κ1) is 30.4. The molecule has 11 heteroatoms.